The van der Waals surface area contributed by atoms with Crippen LogP contribution in [0.1, 0.15) is 23.1 Å². The molecule has 1 unspecified atom stereocenters. The summed E-state index contributed by atoms with van der Waals surface area (Å²) in [6.45, 7) is 1.76. The van der Waals surface area contributed by atoms with Gasteiger partial charge in [0.05, 0.1) is 24.4 Å². The number of hydrogen-bond acceptors (Lipinski definition) is 8. The van der Waals surface area contributed by atoms with E-state index in [0.29, 0.717) is 34.0 Å². The van der Waals surface area contributed by atoms with E-state index in [0.717, 1.165) is 5.56 Å². The van der Waals surface area contributed by atoms with Gasteiger partial charge in [-0.15, -0.1) is 10.2 Å². The lowest BCUT2D eigenvalue weighted by Crippen LogP contribution is -2.15. The third-order valence-corrected chi connectivity index (χ3v) is 5.44. The highest BCUT2D eigenvalue weighted by atomic mass is 19.1. The summed E-state index contributed by atoms with van der Waals surface area (Å²) in [5.41, 5.74) is 9.31. The van der Waals surface area contributed by atoms with E-state index in [4.69, 9.17) is 19.4 Å². The number of nitrogens with two attached hydrogens (primary N) is 1. The second kappa shape index (κ2) is 8.87. The smallest absolute Gasteiger partial charge is 0.254 e. The van der Waals surface area contributed by atoms with Crippen molar-refractivity contribution in [2.45, 2.75) is 13.0 Å². The number of ether oxygens (including phenoxy) is 1. The zero-order valence-electron chi connectivity index (χ0n) is 18.4. The summed E-state index contributed by atoms with van der Waals surface area (Å²) in [6.07, 6.45) is 1.61. The number of halogens is 1. The van der Waals surface area contributed by atoms with E-state index in [9.17, 15) is 0 Å². The second-order valence-electron chi connectivity index (χ2n) is 7.55. The lowest BCUT2D eigenvalue weighted by atomic mass is 10.0. The zero-order chi connectivity index (χ0) is 23.7. The number of benzene rings is 2. The summed E-state index contributed by atoms with van der Waals surface area (Å²) in [4.78, 5) is 4.22. The van der Waals surface area contributed by atoms with Gasteiger partial charge < -0.3 is 19.4 Å². The Morgan fingerprint density at radius 1 is 1.00 bits per heavy atom. The van der Waals surface area contributed by atoms with E-state index >= 15 is 4.39 Å². The Bertz CT molecular complexity index is 1430. The Labute approximate surface area is 194 Å². The van der Waals surface area contributed by atoms with Gasteiger partial charge in [0.25, 0.3) is 11.8 Å². The molecule has 8 nitrogen and oxygen atoms in total. The van der Waals surface area contributed by atoms with Crippen LogP contribution in [0.5, 0.6) is 5.75 Å². The van der Waals surface area contributed by atoms with Crippen LogP contribution in [0.25, 0.3) is 34.2 Å². The zero-order valence-corrected chi connectivity index (χ0v) is 18.4. The molecular weight excluding hydrogens is 437 g/mol. The minimum atomic E-state index is -0.768. The molecule has 0 aliphatic carbocycles. The molecule has 2 N–H and O–H groups in total. The third kappa shape index (κ3) is 3.82. The van der Waals surface area contributed by atoms with Gasteiger partial charge in [0.15, 0.2) is 0 Å². The molecular formula is C25H20FN5O3. The maximum Gasteiger partial charge on any atom is 0.254 e. The fourth-order valence-corrected chi connectivity index (χ4v) is 3.71. The number of aromatic nitrogens is 4. The molecule has 34 heavy (non-hydrogen) atoms. The largest absolute Gasteiger partial charge is 0.496 e. The van der Waals surface area contributed by atoms with Gasteiger partial charge in [-0.05, 0) is 31.2 Å². The maximum atomic E-state index is 15.1. The molecule has 5 aromatic rings. The summed E-state index contributed by atoms with van der Waals surface area (Å²) in [6, 6.07) is 16.8. The maximum absolute atomic E-state index is 15.1. The summed E-state index contributed by atoms with van der Waals surface area (Å²) in [5.74, 6) is 0.597. The molecule has 0 bridgehead atoms. The van der Waals surface area contributed by atoms with Gasteiger partial charge in [0.2, 0.25) is 0 Å². The van der Waals surface area contributed by atoms with E-state index in [1.165, 1.54) is 19.2 Å². The lowest BCUT2D eigenvalue weighted by Gasteiger charge is -2.15. The molecule has 0 radical (unpaired) electrons. The molecule has 0 aliphatic rings. The molecule has 3 aromatic heterocycles. The van der Waals surface area contributed by atoms with Crippen LogP contribution in [0.3, 0.4) is 0 Å². The van der Waals surface area contributed by atoms with Crippen molar-refractivity contribution in [3.63, 3.8) is 0 Å². The lowest BCUT2D eigenvalue weighted by molar-refractivity contribution is 0.399. The van der Waals surface area contributed by atoms with Crippen LogP contribution in [0.15, 0.2) is 75.8 Å². The Balaban J connectivity index is 1.54. The van der Waals surface area contributed by atoms with Crippen molar-refractivity contribution < 1.29 is 18.1 Å². The first-order valence-electron chi connectivity index (χ1n) is 10.5. The minimum absolute atomic E-state index is 0.0864. The standard InChI is InChI=1S/C25H20FN5O3/c1-14-21(23(31-34-14)15-8-4-3-5-9-15)25-30-29-24(33-25)17-12-18(26)16(13-20(17)32-2)22(27)19-10-6-7-11-28-19/h3-13,22H,27H2,1-2H3. The van der Waals surface area contributed by atoms with Crippen molar-refractivity contribution in [1.82, 2.24) is 20.3 Å². The second-order valence-corrected chi connectivity index (χ2v) is 7.55. The molecule has 3 heterocycles. The Morgan fingerprint density at radius 2 is 1.76 bits per heavy atom. The van der Waals surface area contributed by atoms with E-state index in [1.807, 2.05) is 30.3 Å². The fraction of sp³-hybridized carbons (Fsp3) is 0.120. The number of rotatable bonds is 6. The number of hydrogen-bond donors (Lipinski definition) is 1. The number of aryl methyl sites for hydroxylation is 1. The quantitative estimate of drug-likeness (QED) is 0.381. The molecule has 170 valence electrons. The fourth-order valence-electron chi connectivity index (χ4n) is 3.71. The van der Waals surface area contributed by atoms with Gasteiger partial charge in [0.1, 0.15) is 28.6 Å². The molecule has 2 aromatic carbocycles. The summed E-state index contributed by atoms with van der Waals surface area (Å²) >= 11 is 0. The average Bonchev–Trinajstić information content (AvgIpc) is 3.51. The Kier molecular flexibility index (Phi) is 5.60. The molecule has 0 saturated carbocycles. The van der Waals surface area contributed by atoms with Gasteiger partial charge in [-0.25, -0.2) is 4.39 Å². The van der Waals surface area contributed by atoms with E-state index < -0.39 is 11.9 Å². The van der Waals surface area contributed by atoms with Crippen LogP contribution in [0.4, 0.5) is 4.39 Å². The van der Waals surface area contributed by atoms with Crippen molar-refractivity contribution in [2.75, 3.05) is 7.11 Å². The summed E-state index contributed by atoms with van der Waals surface area (Å²) in [7, 11) is 1.47. The average molecular weight is 457 g/mol. The summed E-state index contributed by atoms with van der Waals surface area (Å²) < 4.78 is 31.9. The first-order valence-corrected chi connectivity index (χ1v) is 10.5. The molecule has 0 saturated heterocycles. The van der Waals surface area contributed by atoms with Crippen LogP contribution in [0, 0.1) is 12.7 Å². The first kappa shape index (κ1) is 21.5. The van der Waals surface area contributed by atoms with Crippen LogP contribution in [-0.4, -0.2) is 27.4 Å². The van der Waals surface area contributed by atoms with Crippen molar-refractivity contribution >= 4 is 0 Å². The molecule has 1 atom stereocenters. The molecule has 0 amide bonds. The van der Waals surface area contributed by atoms with Crippen molar-refractivity contribution in [3.8, 4) is 39.9 Å². The van der Waals surface area contributed by atoms with Crippen LogP contribution in [-0.2, 0) is 0 Å². The Hall–Kier alpha value is -4.37. The highest BCUT2D eigenvalue weighted by Gasteiger charge is 2.25. The van der Waals surface area contributed by atoms with Crippen LogP contribution < -0.4 is 10.5 Å². The predicted octanol–water partition coefficient (Wildman–Crippen LogP) is 4.96. The molecule has 0 fully saturated rings. The molecule has 9 heteroatoms. The Morgan fingerprint density at radius 3 is 2.50 bits per heavy atom. The van der Waals surface area contributed by atoms with Gasteiger partial charge >= 0.3 is 0 Å². The van der Waals surface area contributed by atoms with Gasteiger partial charge in [0, 0.05) is 17.3 Å². The number of methoxy groups -OCH3 is 1. The number of pyridine rings is 1. The van der Waals surface area contributed by atoms with Gasteiger partial charge in [-0.1, -0.05) is 41.6 Å². The monoisotopic (exact) mass is 457 g/mol. The topological polar surface area (TPSA) is 113 Å². The predicted molar refractivity (Wildman–Crippen MR) is 122 cm³/mol. The van der Waals surface area contributed by atoms with Crippen molar-refractivity contribution in [1.29, 1.82) is 0 Å². The van der Waals surface area contributed by atoms with Gasteiger partial charge in [-0.3, -0.25) is 4.98 Å². The van der Waals surface area contributed by atoms with Crippen LogP contribution >= 0.6 is 0 Å². The van der Waals surface area contributed by atoms with E-state index in [-0.39, 0.29) is 17.3 Å². The minimum Gasteiger partial charge on any atom is -0.496 e. The summed E-state index contributed by atoms with van der Waals surface area (Å²) in [5, 5.41) is 12.4. The first-order chi connectivity index (χ1) is 16.6. The van der Waals surface area contributed by atoms with E-state index in [1.54, 1.807) is 31.3 Å². The van der Waals surface area contributed by atoms with E-state index in [2.05, 4.69) is 20.3 Å². The van der Waals surface area contributed by atoms with Crippen molar-refractivity contribution in [3.05, 3.63) is 89.7 Å². The normalized spacial score (nSPS) is 12.0. The molecule has 0 aliphatic heterocycles. The van der Waals surface area contributed by atoms with Gasteiger partial charge in [-0.2, -0.15) is 0 Å². The third-order valence-electron chi connectivity index (χ3n) is 5.44. The highest BCUT2D eigenvalue weighted by molar-refractivity contribution is 5.78. The van der Waals surface area contributed by atoms with Crippen LogP contribution in [0.2, 0.25) is 0 Å². The van der Waals surface area contributed by atoms with Crippen molar-refractivity contribution in [2.24, 2.45) is 5.73 Å². The number of nitrogens with zero attached hydrogens (tertiary/aromatic N) is 4. The molecule has 0 spiro atoms. The SMILES string of the molecule is COc1cc(C(N)c2ccccn2)c(F)cc1-c1nnc(-c2c(-c3ccccc3)noc2C)o1. The molecule has 5 rings (SSSR count). The highest BCUT2D eigenvalue weighted by Crippen LogP contribution is 2.38.